The summed E-state index contributed by atoms with van der Waals surface area (Å²) in [6.45, 7) is 7.67. The van der Waals surface area contributed by atoms with Gasteiger partial charge in [0.1, 0.15) is 29.6 Å². The van der Waals surface area contributed by atoms with E-state index in [0.717, 1.165) is 48.1 Å². The summed E-state index contributed by atoms with van der Waals surface area (Å²) in [5.74, 6) is -1.58. The topological polar surface area (TPSA) is 92.3 Å². The van der Waals surface area contributed by atoms with Gasteiger partial charge in [-0.05, 0) is 55.6 Å². The standard InChI is InChI=1S/C32H30F2N6O2S/c1-3-40(4-2)16-17-42-24-11-6-10-23(19-24)38-32-35-15-14-27(39-32)30-29(36-20-43-30)21-8-5-9-22(18-21)37-31(41)28-25(33)12-7-13-26(28)34/h5-15,18-20H,3-4,16-17H2,1-2H3,(H,37,41)(H,35,38,39). The second-order valence-corrected chi connectivity index (χ2v) is 10.3. The van der Waals surface area contributed by atoms with E-state index >= 15 is 0 Å². The molecule has 0 saturated heterocycles. The Kier molecular flexibility index (Phi) is 9.65. The highest BCUT2D eigenvalue weighted by molar-refractivity contribution is 7.13. The highest BCUT2D eigenvalue weighted by Gasteiger charge is 2.18. The van der Waals surface area contributed by atoms with Gasteiger partial charge in [0.25, 0.3) is 5.91 Å². The van der Waals surface area contributed by atoms with Crippen LogP contribution in [0.3, 0.4) is 0 Å². The minimum atomic E-state index is -0.932. The number of carbonyl (C=O) groups excluding carboxylic acids is 1. The molecule has 3 aromatic carbocycles. The number of benzene rings is 3. The van der Waals surface area contributed by atoms with Crippen LogP contribution in [0.4, 0.5) is 26.1 Å². The monoisotopic (exact) mass is 600 g/mol. The lowest BCUT2D eigenvalue weighted by Crippen LogP contribution is -2.27. The minimum Gasteiger partial charge on any atom is -0.492 e. The van der Waals surface area contributed by atoms with Crippen LogP contribution in [-0.2, 0) is 0 Å². The summed E-state index contributed by atoms with van der Waals surface area (Å²) in [4.78, 5) is 29.3. The fourth-order valence-electron chi connectivity index (χ4n) is 4.46. The van der Waals surface area contributed by atoms with Gasteiger partial charge in [-0.25, -0.2) is 23.7 Å². The van der Waals surface area contributed by atoms with E-state index in [9.17, 15) is 13.6 Å². The number of rotatable bonds is 12. The molecule has 0 aliphatic rings. The van der Waals surface area contributed by atoms with Crippen LogP contribution in [0.2, 0.25) is 0 Å². The Hall–Kier alpha value is -4.74. The summed E-state index contributed by atoms with van der Waals surface area (Å²) >= 11 is 1.41. The Morgan fingerprint density at radius 3 is 2.47 bits per heavy atom. The van der Waals surface area contributed by atoms with Crippen molar-refractivity contribution < 1.29 is 18.3 Å². The smallest absolute Gasteiger partial charge is 0.261 e. The van der Waals surface area contributed by atoms with Crippen molar-refractivity contribution in [3.05, 3.63) is 102 Å². The van der Waals surface area contributed by atoms with Gasteiger partial charge in [0.15, 0.2) is 0 Å². The normalized spacial score (nSPS) is 11.0. The van der Waals surface area contributed by atoms with E-state index in [-0.39, 0.29) is 0 Å². The van der Waals surface area contributed by atoms with Crippen molar-refractivity contribution in [2.24, 2.45) is 0 Å². The van der Waals surface area contributed by atoms with E-state index < -0.39 is 23.1 Å². The molecule has 0 bridgehead atoms. The Bertz CT molecular complexity index is 1690. The lowest BCUT2D eigenvalue weighted by Gasteiger charge is -2.18. The maximum atomic E-state index is 14.1. The molecular weight excluding hydrogens is 570 g/mol. The van der Waals surface area contributed by atoms with Gasteiger partial charge in [-0.3, -0.25) is 4.79 Å². The number of thiazole rings is 1. The average Bonchev–Trinajstić information content (AvgIpc) is 3.50. The van der Waals surface area contributed by atoms with Crippen molar-refractivity contribution in [2.45, 2.75) is 13.8 Å². The Balaban J connectivity index is 1.31. The van der Waals surface area contributed by atoms with Crippen molar-refractivity contribution in [2.75, 3.05) is 36.9 Å². The van der Waals surface area contributed by atoms with E-state index in [0.29, 0.717) is 35.2 Å². The van der Waals surface area contributed by atoms with Gasteiger partial charge < -0.3 is 20.3 Å². The van der Waals surface area contributed by atoms with Crippen molar-refractivity contribution in [3.63, 3.8) is 0 Å². The molecule has 0 atom stereocenters. The van der Waals surface area contributed by atoms with Gasteiger partial charge in [0.2, 0.25) is 5.95 Å². The third-order valence-electron chi connectivity index (χ3n) is 6.70. The zero-order valence-corrected chi connectivity index (χ0v) is 24.5. The number of nitrogens with zero attached hydrogens (tertiary/aromatic N) is 4. The molecule has 0 aliphatic carbocycles. The summed E-state index contributed by atoms with van der Waals surface area (Å²) in [5.41, 5.74) is 4.23. The maximum absolute atomic E-state index is 14.1. The van der Waals surface area contributed by atoms with Gasteiger partial charge in [0, 0.05) is 35.7 Å². The second kappa shape index (κ2) is 14.0. The molecule has 5 aromatic rings. The SMILES string of the molecule is CCN(CC)CCOc1cccc(Nc2nccc(-c3scnc3-c3cccc(NC(=O)c4c(F)cccc4F)c3)n2)c1. The molecule has 220 valence electrons. The number of hydrogen-bond acceptors (Lipinski definition) is 8. The van der Waals surface area contributed by atoms with Crippen LogP contribution in [0, 0.1) is 11.6 Å². The van der Waals surface area contributed by atoms with E-state index in [4.69, 9.17) is 9.72 Å². The lowest BCUT2D eigenvalue weighted by atomic mass is 10.1. The van der Waals surface area contributed by atoms with Gasteiger partial charge in [-0.15, -0.1) is 11.3 Å². The number of halogens is 2. The van der Waals surface area contributed by atoms with Crippen molar-refractivity contribution in [1.29, 1.82) is 0 Å². The first-order valence-corrected chi connectivity index (χ1v) is 14.7. The van der Waals surface area contributed by atoms with Crippen LogP contribution < -0.4 is 15.4 Å². The van der Waals surface area contributed by atoms with Gasteiger partial charge in [-0.1, -0.05) is 38.1 Å². The van der Waals surface area contributed by atoms with Crippen molar-refractivity contribution in [1.82, 2.24) is 19.9 Å². The fourth-order valence-corrected chi connectivity index (χ4v) is 5.24. The Morgan fingerprint density at radius 2 is 1.67 bits per heavy atom. The number of hydrogen-bond donors (Lipinski definition) is 2. The highest BCUT2D eigenvalue weighted by atomic mass is 32.1. The number of likely N-dealkylation sites (N-methyl/N-ethyl adjacent to an activating group) is 1. The summed E-state index contributed by atoms with van der Waals surface area (Å²) in [7, 11) is 0. The van der Waals surface area contributed by atoms with Crippen molar-refractivity contribution >= 4 is 34.6 Å². The fraction of sp³-hybridized carbons (Fsp3) is 0.188. The van der Waals surface area contributed by atoms with E-state index in [1.54, 1.807) is 36.0 Å². The van der Waals surface area contributed by atoms with Crippen LogP contribution >= 0.6 is 11.3 Å². The first-order valence-electron chi connectivity index (χ1n) is 13.8. The molecule has 0 fully saturated rings. The molecular formula is C32H30F2N6O2S. The van der Waals surface area contributed by atoms with Crippen LogP contribution in [0.5, 0.6) is 5.75 Å². The van der Waals surface area contributed by atoms with E-state index in [2.05, 4.69) is 39.3 Å². The van der Waals surface area contributed by atoms with Crippen LogP contribution in [0.25, 0.3) is 21.8 Å². The maximum Gasteiger partial charge on any atom is 0.261 e. The molecule has 2 N–H and O–H groups in total. The largest absolute Gasteiger partial charge is 0.492 e. The minimum absolute atomic E-state index is 0.369. The predicted octanol–water partition coefficient (Wildman–Crippen LogP) is 7.26. The van der Waals surface area contributed by atoms with Crippen molar-refractivity contribution in [3.8, 4) is 27.6 Å². The van der Waals surface area contributed by atoms with Gasteiger partial charge in [0.05, 0.1) is 21.8 Å². The number of anilines is 3. The predicted molar refractivity (Wildman–Crippen MR) is 166 cm³/mol. The molecule has 2 heterocycles. The molecule has 11 heteroatoms. The summed E-state index contributed by atoms with van der Waals surface area (Å²) in [5, 5.41) is 5.82. The quantitative estimate of drug-likeness (QED) is 0.156. The zero-order valence-electron chi connectivity index (χ0n) is 23.7. The van der Waals surface area contributed by atoms with E-state index in [1.165, 1.54) is 17.4 Å². The average molecular weight is 601 g/mol. The number of ether oxygens (including phenoxy) is 1. The zero-order chi connectivity index (χ0) is 30.2. The van der Waals surface area contributed by atoms with Crippen LogP contribution in [-0.4, -0.2) is 52.0 Å². The molecule has 2 aromatic heterocycles. The third-order valence-corrected chi connectivity index (χ3v) is 7.55. The molecule has 8 nitrogen and oxygen atoms in total. The molecule has 0 aliphatic heterocycles. The summed E-state index contributed by atoms with van der Waals surface area (Å²) in [6, 6.07) is 19.6. The first-order chi connectivity index (χ1) is 20.9. The molecule has 0 spiro atoms. The number of aromatic nitrogens is 3. The molecule has 5 rings (SSSR count). The number of nitrogens with one attached hydrogen (secondary N) is 2. The first kappa shape index (κ1) is 29.7. The third kappa shape index (κ3) is 7.37. The lowest BCUT2D eigenvalue weighted by molar-refractivity contribution is 0.101. The summed E-state index contributed by atoms with van der Waals surface area (Å²) < 4.78 is 34.1. The molecule has 1 amide bonds. The Labute approximate surface area is 252 Å². The number of carbonyl (C=O) groups is 1. The van der Waals surface area contributed by atoms with Gasteiger partial charge >= 0.3 is 0 Å². The van der Waals surface area contributed by atoms with Gasteiger partial charge in [-0.2, -0.15) is 0 Å². The molecule has 0 unspecified atom stereocenters. The van der Waals surface area contributed by atoms with E-state index in [1.807, 2.05) is 30.3 Å². The second-order valence-electron chi connectivity index (χ2n) is 9.46. The molecule has 43 heavy (non-hydrogen) atoms. The summed E-state index contributed by atoms with van der Waals surface area (Å²) in [6.07, 6.45) is 1.66. The Morgan fingerprint density at radius 1 is 0.930 bits per heavy atom. The van der Waals surface area contributed by atoms with Crippen LogP contribution in [0.15, 0.2) is 84.5 Å². The molecule has 0 saturated carbocycles. The highest BCUT2D eigenvalue weighted by Crippen LogP contribution is 2.35. The number of amides is 1. The molecule has 0 radical (unpaired) electrons. The van der Waals surface area contributed by atoms with Crippen LogP contribution in [0.1, 0.15) is 24.2 Å².